The molecule has 0 bridgehead atoms. The first kappa shape index (κ1) is 23.3. The normalized spacial score (nSPS) is 18.5. The first-order valence-electron chi connectivity index (χ1n) is 12.1. The van der Waals surface area contributed by atoms with Crippen LogP contribution in [0.4, 0.5) is 10.1 Å². The highest BCUT2D eigenvalue weighted by Gasteiger charge is 2.25. The van der Waals surface area contributed by atoms with E-state index in [1.54, 1.807) is 17.6 Å². The van der Waals surface area contributed by atoms with Crippen LogP contribution in [0.2, 0.25) is 0 Å². The third-order valence-corrected chi connectivity index (χ3v) is 7.10. The number of carboxylic acid groups (broad SMARTS) is 1. The van der Waals surface area contributed by atoms with E-state index >= 15 is 4.39 Å². The van der Waals surface area contributed by atoms with Crippen molar-refractivity contribution in [1.29, 1.82) is 0 Å². The van der Waals surface area contributed by atoms with Crippen LogP contribution in [0.1, 0.15) is 77.2 Å². The maximum absolute atomic E-state index is 15.1. The molecule has 0 aliphatic heterocycles. The minimum atomic E-state index is -0.939. The lowest BCUT2D eigenvalue weighted by molar-refractivity contribution is -0.141. The monoisotopic (exact) mass is 460 g/mol. The minimum Gasteiger partial charge on any atom is -0.481 e. The van der Waals surface area contributed by atoms with E-state index in [0.29, 0.717) is 11.2 Å². The molecular formula is C24H33FN4O4. The molecule has 180 valence electrons. The van der Waals surface area contributed by atoms with Gasteiger partial charge in [-0.05, 0) is 44.2 Å². The second-order valence-corrected chi connectivity index (χ2v) is 9.50. The highest BCUT2D eigenvalue weighted by atomic mass is 19.1. The lowest BCUT2D eigenvalue weighted by Gasteiger charge is -2.25. The number of carboxylic acids is 1. The first-order valence-corrected chi connectivity index (χ1v) is 12.1. The van der Waals surface area contributed by atoms with E-state index in [1.165, 1.54) is 12.5 Å². The third kappa shape index (κ3) is 4.91. The Kier molecular flexibility index (Phi) is 7.05. The maximum Gasteiger partial charge on any atom is 0.350 e. The van der Waals surface area contributed by atoms with Crippen LogP contribution in [0.15, 0.2) is 21.7 Å². The molecule has 8 nitrogen and oxygen atoms in total. The second-order valence-electron chi connectivity index (χ2n) is 9.50. The zero-order valence-corrected chi connectivity index (χ0v) is 19.1. The summed E-state index contributed by atoms with van der Waals surface area (Å²) in [5.41, 5.74) is 2.48. The molecule has 33 heavy (non-hydrogen) atoms. The first-order chi connectivity index (χ1) is 15.9. The molecule has 2 aliphatic carbocycles. The molecule has 0 spiro atoms. The van der Waals surface area contributed by atoms with Crippen molar-refractivity contribution in [2.45, 2.75) is 83.2 Å². The minimum absolute atomic E-state index is 0.0559. The fourth-order valence-corrected chi connectivity index (χ4v) is 5.10. The van der Waals surface area contributed by atoms with Crippen molar-refractivity contribution in [2.24, 2.45) is 5.92 Å². The van der Waals surface area contributed by atoms with Crippen molar-refractivity contribution in [2.75, 3.05) is 17.3 Å². The smallest absolute Gasteiger partial charge is 0.350 e. The van der Waals surface area contributed by atoms with Gasteiger partial charge in [0.25, 0.3) is 5.56 Å². The Balaban J connectivity index is 1.75. The Bertz CT molecular complexity index is 1130. The van der Waals surface area contributed by atoms with Gasteiger partial charge in [-0.2, -0.15) is 4.68 Å². The van der Waals surface area contributed by atoms with Gasteiger partial charge in [0.1, 0.15) is 5.82 Å². The Morgan fingerprint density at radius 3 is 2.45 bits per heavy atom. The Labute approximate surface area is 191 Å². The fourth-order valence-electron chi connectivity index (χ4n) is 5.10. The molecule has 2 aliphatic rings. The van der Waals surface area contributed by atoms with Gasteiger partial charge in [0.2, 0.25) is 0 Å². The SMILES string of the molecule is CC(CCNn1c(=O)c2cc(F)c(NC3CCCCC3)cc2n(C2CCCC2)c1=O)C(=O)O. The van der Waals surface area contributed by atoms with Gasteiger partial charge >= 0.3 is 11.7 Å². The molecule has 1 heterocycles. The van der Waals surface area contributed by atoms with Crippen molar-refractivity contribution in [3.63, 3.8) is 0 Å². The van der Waals surface area contributed by atoms with Crippen LogP contribution in [0, 0.1) is 11.7 Å². The van der Waals surface area contributed by atoms with Crippen LogP contribution in [-0.2, 0) is 4.79 Å². The van der Waals surface area contributed by atoms with Crippen molar-refractivity contribution < 1.29 is 14.3 Å². The number of rotatable bonds is 8. The molecule has 9 heteroatoms. The molecule has 1 atom stereocenters. The average molecular weight is 461 g/mol. The van der Waals surface area contributed by atoms with Gasteiger partial charge in [-0.1, -0.05) is 39.0 Å². The zero-order valence-electron chi connectivity index (χ0n) is 19.1. The molecule has 1 aromatic carbocycles. The van der Waals surface area contributed by atoms with Crippen molar-refractivity contribution in [3.8, 4) is 0 Å². The number of hydrogen-bond acceptors (Lipinski definition) is 5. The molecule has 1 aromatic heterocycles. The van der Waals surface area contributed by atoms with Gasteiger partial charge in [0, 0.05) is 18.6 Å². The van der Waals surface area contributed by atoms with E-state index in [2.05, 4.69) is 10.7 Å². The molecule has 0 saturated heterocycles. The number of carbonyl (C=O) groups is 1. The number of hydrogen-bond donors (Lipinski definition) is 3. The number of nitrogens with zero attached hydrogens (tertiary/aromatic N) is 2. The standard InChI is InChI=1S/C24H33FN4O4/c1-15(23(31)32)11-12-26-29-22(30)18-13-19(25)20(27-16-7-3-2-4-8-16)14-21(18)28(24(29)33)17-9-5-6-10-17/h13-17,26-27H,2-12H2,1H3,(H,31,32). The lowest BCUT2D eigenvalue weighted by atomic mass is 9.95. The largest absolute Gasteiger partial charge is 0.481 e. The molecule has 2 aromatic rings. The van der Waals surface area contributed by atoms with E-state index in [9.17, 15) is 14.4 Å². The van der Waals surface area contributed by atoms with Gasteiger partial charge in [-0.25, -0.2) is 9.18 Å². The van der Waals surface area contributed by atoms with Crippen molar-refractivity contribution in [3.05, 3.63) is 38.8 Å². The van der Waals surface area contributed by atoms with Gasteiger partial charge < -0.3 is 15.8 Å². The highest BCUT2D eigenvalue weighted by molar-refractivity contribution is 5.82. The van der Waals surface area contributed by atoms with Gasteiger partial charge in [0.15, 0.2) is 0 Å². The molecule has 3 N–H and O–H groups in total. The summed E-state index contributed by atoms with van der Waals surface area (Å²) in [6.07, 6.45) is 9.26. The maximum atomic E-state index is 15.1. The van der Waals surface area contributed by atoms with Crippen LogP contribution in [0.3, 0.4) is 0 Å². The molecule has 1 unspecified atom stereocenters. The van der Waals surface area contributed by atoms with Crippen molar-refractivity contribution >= 4 is 22.6 Å². The lowest BCUT2D eigenvalue weighted by Crippen LogP contribution is -2.46. The fraction of sp³-hybridized carbons (Fsp3) is 0.625. The molecule has 2 fully saturated rings. The van der Waals surface area contributed by atoms with E-state index in [1.807, 2.05) is 0 Å². The van der Waals surface area contributed by atoms with Crippen LogP contribution in [-0.4, -0.2) is 32.9 Å². The summed E-state index contributed by atoms with van der Waals surface area (Å²) in [6.45, 7) is 1.71. The summed E-state index contributed by atoms with van der Waals surface area (Å²) in [5, 5.41) is 12.5. The summed E-state index contributed by atoms with van der Waals surface area (Å²) in [4.78, 5) is 37.7. The summed E-state index contributed by atoms with van der Waals surface area (Å²) < 4.78 is 17.6. The van der Waals surface area contributed by atoms with E-state index in [0.717, 1.165) is 56.0 Å². The number of aliphatic carboxylic acids is 1. The number of fused-ring (bicyclic) bond motifs is 1. The summed E-state index contributed by atoms with van der Waals surface area (Å²) in [5.74, 6) is -2.06. The average Bonchev–Trinajstić information content (AvgIpc) is 3.32. The van der Waals surface area contributed by atoms with Crippen LogP contribution in [0.5, 0.6) is 0 Å². The summed E-state index contributed by atoms with van der Waals surface area (Å²) in [7, 11) is 0. The van der Waals surface area contributed by atoms with Crippen LogP contribution >= 0.6 is 0 Å². The summed E-state index contributed by atoms with van der Waals surface area (Å²) >= 11 is 0. The summed E-state index contributed by atoms with van der Waals surface area (Å²) in [6, 6.07) is 2.98. The van der Waals surface area contributed by atoms with Crippen LogP contribution in [0.25, 0.3) is 10.9 Å². The number of aromatic nitrogens is 2. The molecule has 2 saturated carbocycles. The molecule has 0 amide bonds. The molecular weight excluding hydrogens is 427 g/mol. The van der Waals surface area contributed by atoms with Gasteiger partial charge in [0.05, 0.1) is 22.5 Å². The second kappa shape index (κ2) is 9.97. The number of benzene rings is 1. The Hall–Kier alpha value is -2.84. The zero-order chi connectivity index (χ0) is 23.5. The third-order valence-electron chi connectivity index (χ3n) is 7.10. The van der Waals surface area contributed by atoms with E-state index in [-0.39, 0.29) is 30.4 Å². The predicted molar refractivity (Wildman–Crippen MR) is 126 cm³/mol. The molecule has 0 radical (unpaired) electrons. The highest BCUT2D eigenvalue weighted by Crippen LogP contribution is 2.32. The Morgan fingerprint density at radius 2 is 1.79 bits per heavy atom. The number of nitrogens with one attached hydrogen (secondary N) is 2. The quantitative estimate of drug-likeness (QED) is 0.553. The van der Waals surface area contributed by atoms with E-state index < -0.39 is 29.0 Å². The van der Waals surface area contributed by atoms with Gasteiger partial charge in [-0.3, -0.25) is 14.2 Å². The molecule has 4 rings (SSSR count). The van der Waals surface area contributed by atoms with Crippen molar-refractivity contribution in [1.82, 2.24) is 9.24 Å². The van der Waals surface area contributed by atoms with Crippen LogP contribution < -0.4 is 22.0 Å². The topological polar surface area (TPSA) is 105 Å². The van der Waals surface area contributed by atoms with E-state index in [4.69, 9.17) is 5.11 Å². The number of halogens is 1. The predicted octanol–water partition coefficient (Wildman–Crippen LogP) is 3.82. The Morgan fingerprint density at radius 1 is 1.12 bits per heavy atom. The van der Waals surface area contributed by atoms with Gasteiger partial charge in [-0.15, -0.1) is 0 Å². The number of anilines is 1.